The van der Waals surface area contributed by atoms with Gasteiger partial charge in [-0.2, -0.15) is 0 Å². The summed E-state index contributed by atoms with van der Waals surface area (Å²) in [5, 5.41) is 22.9. The van der Waals surface area contributed by atoms with Crippen LogP contribution in [0.5, 0.6) is 0 Å². The summed E-state index contributed by atoms with van der Waals surface area (Å²) in [5.41, 5.74) is -1.46. The minimum Gasteiger partial charge on any atom is -0.481 e. The fourth-order valence-electron chi connectivity index (χ4n) is 1.53. The Bertz CT molecular complexity index is 490. The van der Waals surface area contributed by atoms with Crippen molar-refractivity contribution in [2.75, 3.05) is 13.6 Å². The van der Waals surface area contributed by atoms with Gasteiger partial charge in [0.2, 0.25) is 0 Å². The number of nitrogens with one attached hydrogen (secondary N) is 1. The zero-order chi connectivity index (χ0) is 15.3. The molecule has 1 aromatic heterocycles. The second-order valence-corrected chi connectivity index (χ2v) is 6.72. The highest BCUT2D eigenvalue weighted by Crippen LogP contribution is 2.20. The predicted molar refractivity (Wildman–Crippen MR) is 79.8 cm³/mol. The topological polar surface area (TPSA) is 89.9 Å². The highest BCUT2D eigenvalue weighted by atomic mass is 79.9. The number of thiophene rings is 1. The Balaban J connectivity index is 2.44. The summed E-state index contributed by atoms with van der Waals surface area (Å²) in [6.07, 6.45) is -0.422. The molecule has 1 aromatic rings. The van der Waals surface area contributed by atoms with Crippen molar-refractivity contribution in [1.29, 1.82) is 0 Å². The number of carboxylic acids is 1. The zero-order valence-corrected chi connectivity index (χ0v) is 13.6. The summed E-state index contributed by atoms with van der Waals surface area (Å²) in [7, 11) is 1.63. The van der Waals surface area contributed by atoms with E-state index in [1.165, 1.54) is 23.2 Å². The van der Waals surface area contributed by atoms with Crippen molar-refractivity contribution in [3.8, 4) is 0 Å². The maximum absolute atomic E-state index is 11.8. The second kappa shape index (κ2) is 7.05. The molecular formula is C12H17BrN2O4S. The van der Waals surface area contributed by atoms with Gasteiger partial charge in [-0.15, -0.1) is 11.3 Å². The molecule has 0 saturated heterocycles. The second-order valence-electron chi connectivity index (χ2n) is 4.81. The van der Waals surface area contributed by atoms with E-state index in [1.807, 2.05) is 11.4 Å². The highest BCUT2D eigenvalue weighted by molar-refractivity contribution is 9.10. The van der Waals surface area contributed by atoms with Crippen molar-refractivity contribution < 1.29 is 19.8 Å². The Kier molecular flexibility index (Phi) is 5.97. The molecule has 1 rings (SSSR count). The van der Waals surface area contributed by atoms with Crippen molar-refractivity contribution in [3.63, 3.8) is 0 Å². The number of carbonyl (C=O) groups excluding carboxylic acids is 1. The lowest BCUT2D eigenvalue weighted by molar-refractivity contribution is -0.141. The molecule has 0 aromatic carbocycles. The Hall–Kier alpha value is -1.12. The van der Waals surface area contributed by atoms with E-state index in [0.29, 0.717) is 6.54 Å². The summed E-state index contributed by atoms with van der Waals surface area (Å²) in [4.78, 5) is 24.9. The summed E-state index contributed by atoms with van der Waals surface area (Å²) < 4.78 is 0.968. The van der Waals surface area contributed by atoms with E-state index in [9.17, 15) is 14.7 Å². The van der Waals surface area contributed by atoms with Gasteiger partial charge in [-0.25, -0.2) is 4.79 Å². The number of urea groups is 1. The zero-order valence-electron chi connectivity index (χ0n) is 11.2. The van der Waals surface area contributed by atoms with Crippen molar-refractivity contribution in [2.45, 2.75) is 25.5 Å². The van der Waals surface area contributed by atoms with Gasteiger partial charge in [0, 0.05) is 28.3 Å². The van der Waals surface area contributed by atoms with Crippen LogP contribution in [0.1, 0.15) is 18.2 Å². The number of carbonyl (C=O) groups is 2. The van der Waals surface area contributed by atoms with Crippen molar-refractivity contribution in [3.05, 3.63) is 20.8 Å². The average Bonchev–Trinajstić information content (AvgIpc) is 2.70. The molecule has 3 N–H and O–H groups in total. The average molecular weight is 365 g/mol. The normalized spacial score (nSPS) is 13.6. The molecule has 20 heavy (non-hydrogen) atoms. The Labute approximate surface area is 129 Å². The molecule has 112 valence electrons. The van der Waals surface area contributed by atoms with Gasteiger partial charge in [0.1, 0.15) is 0 Å². The maximum atomic E-state index is 11.8. The summed E-state index contributed by atoms with van der Waals surface area (Å²) in [6.45, 7) is 1.71. The van der Waals surface area contributed by atoms with Crippen LogP contribution in [0.25, 0.3) is 0 Å². The third kappa shape index (κ3) is 5.89. The predicted octanol–water partition coefficient (Wildman–Crippen LogP) is 1.88. The number of amides is 2. The maximum Gasteiger partial charge on any atom is 0.317 e. The Morgan fingerprint density at radius 1 is 1.55 bits per heavy atom. The van der Waals surface area contributed by atoms with Crippen LogP contribution in [0.3, 0.4) is 0 Å². The van der Waals surface area contributed by atoms with Gasteiger partial charge >= 0.3 is 12.0 Å². The molecule has 0 aliphatic carbocycles. The van der Waals surface area contributed by atoms with E-state index >= 15 is 0 Å². The minimum atomic E-state index is -1.46. The van der Waals surface area contributed by atoms with Gasteiger partial charge in [0.05, 0.1) is 18.6 Å². The molecule has 0 bridgehead atoms. The van der Waals surface area contributed by atoms with Gasteiger partial charge < -0.3 is 20.4 Å². The highest BCUT2D eigenvalue weighted by Gasteiger charge is 2.25. The number of hydrogen-bond donors (Lipinski definition) is 3. The summed E-state index contributed by atoms with van der Waals surface area (Å²) in [5.74, 6) is -1.11. The molecule has 1 heterocycles. The lowest BCUT2D eigenvalue weighted by Gasteiger charge is -2.24. The summed E-state index contributed by atoms with van der Waals surface area (Å²) >= 11 is 4.87. The van der Waals surface area contributed by atoms with Gasteiger partial charge in [0.25, 0.3) is 0 Å². The largest absolute Gasteiger partial charge is 0.481 e. The Morgan fingerprint density at radius 2 is 2.20 bits per heavy atom. The lowest BCUT2D eigenvalue weighted by Crippen LogP contribution is -2.46. The number of aliphatic carboxylic acids is 1. The number of rotatable bonds is 6. The van der Waals surface area contributed by atoms with Crippen LogP contribution in [-0.4, -0.2) is 46.3 Å². The smallest absolute Gasteiger partial charge is 0.317 e. The molecule has 0 aliphatic rings. The minimum absolute atomic E-state index is 0.114. The molecule has 0 aliphatic heterocycles. The molecule has 0 spiro atoms. The molecule has 2 amide bonds. The summed E-state index contributed by atoms with van der Waals surface area (Å²) in [6, 6.07) is 1.56. The fraction of sp³-hybridized carbons (Fsp3) is 0.500. The van der Waals surface area contributed by atoms with Crippen LogP contribution >= 0.6 is 27.3 Å². The molecule has 0 fully saturated rings. The van der Waals surface area contributed by atoms with Gasteiger partial charge in [-0.1, -0.05) is 0 Å². The lowest BCUT2D eigenvalue weighted by atomic mass is 10.0. The molecule has 1 unspecified atom stereocenters. The van der Waals surface area contributed by atoms with Crippen molar-refractivity contribution >= 4 is 39.3 Å². The van der Waals surface area contributed by atoms with E-state index < -0.39 is 18.0 Å². The van der Waals surface area contributed by atoms with E-state index in [1.54, 1.807) is 7.05 Å². The third-order valence-electron chi connectivity index (χ3n) is 2.51. The first-order valence-electron chi connectivity index (χ1n) is 5.86. The molecular weight excluding hydrogens is 348 g/mol. The standard InChI is InChI=1S/C12H17BrN2O4S/c1-12(19,4-10(16)17)7-14-11(18)15(2)5-9-3-8(13)6-20-9/h3,6,19H,4-5,7H2,1-2H3,(H,14,18)(H,16,17). The van der Waals surface area contributed by atoms with Gasteiger partial charge in [-0.3, -0.25) is 4.79 Å². The van der Waals surface area contributed by atoms with Crippen LogP contribution in [0.15, 0.2) is 15.9 Å². The van der Waals surface area contributed by atoms with Crippen LogP contribution in [-0.2, 0) is 11.3 Å². The van der Waals surface area contributed by atoms with Crippen LogP contribution in [0.2, 0.25) is 0 Å². The van der Waals surface area contributed by atoms with E-state index in [-0.39, 0.29) is 12.6 Å². The molecule has 8 heteroatoms. The van der Waals surface area contributed by atoms with E-state index in [4.69, 9.17) is 5.11 Å². The number of hydrogen-bond acceptors (Lipinski definition) is 4. The third-order valence-corrected chi connectivity index (χ3v) is 4.20. The van der Waals surface area contributed by atoms with Crippen LogP contribution < -0.4 is 5.32 Å². The van der Waals surface area contributed by atoms with Gasteiger partial charge in [-0.05, 0) is 28.9 Å². The van der Waals surface area contributed by atoms with Crippen LogP contribution in [0, 0.1) is 0 Å². The number of halogens is 1. The number of carboxylic acid groups (broad SMARTS) is 1. The Morgan fingerprint density at radius 3 is 2.70 bits per heavy atom. The first-order valence-corrected chi connectivity index (χ1v) is 7.53. The van der Waals surface area contributed by atoms with E-state index in [0.717, 1.165) is 9.35 Å². The molecule has 6 nitrogen and oxygen atoms in total. The first kappa shape index (κ1) is 16.9. The van der Waals surface area contributed by atoms with Crippen LogP contribution in [0.4, 0.5) is 4.79 Å². The fourth-order valence-corrected chi connectivity index (χ4v) is 3.03. The monoisotopic (exact) mass is 364 g/mol. The van der Waals surface area contributed by atoms with Gasteiger partial charge in [0.15, 0.2) is 0 Å². The molecule has 1 atom stereocenters. The quantitative estimate of drug-likeness (QED) is 0.718. The van der Waals surface area contributed by atoms with Crippen molar-refractivity contribution in [2.24, 2.45) is 0 Å². The van der Waals surface area contributed by atoms with Crippen molar-refractivity contribution in [1.82, 2.24) is 10.2 Å². The SMILES string of the molecule is CN(Cc1cc(Br)cs1)C(=O)NCC(C)(O)CC(=O)O. The number of nitrogens with zero attached hydrogens (tertiary/aromatic N) is 1. The van der Waals surface area contributed by atoms with E-state index in [2.05, 4.69) is 21.2 Å². The molecule has 0 saturated carbocycles. The first-order chi connectivity index (χ1) is 9.19. The number of aliphatic hydroxyl groups is 1. The molecule has 0 radical (unpaired) electrons.